The smallest absolute Gasteiger partial charge is 0.00129 e. The fraction of sp³-hybridized carbons (Fsp3) is 1.00. The second-order valence-corrected chi connectivity index (χ2v) is 6.60. The molecule has 0 rings (SSSR count). The van der Waals surface area contributed by atoms with E-state index in [-0.39, 0.29) is 4.90 Å². The van der Waals surface area contributed by atoms with Crippen LogP contribution in [0.2, 0.25) is 0 Å². The normalized spacial score (nSPS) is 14.2. The van der Waals surface area contributed by atoms with Gasteiger partial charge < -0.3 is 0 Å². The zero-order chi connectivity index (χ0) is 7.00. The van der Waals surface area contributed by atoms with Crippen molar-refractivity contribution in [2.75, 3.05) is 0 Å². The molecule has 0 spiro atoms. The molecule has 0 amide bonds. The largest absolute Gasteiger partial charge is 0.127 e. The van der Waals surface area contributed by atoms with Gasteiger partial charge in [0.2, 0.25) is 0 Å². The lowest BCUT2D eigenvalue weighted by molar-refractivity contribution is 0.383. The average molecular weight is 150 g/mol. The van der Waals surface area contributed by atoms with E-state index in [9.17, 15) is 0 Å². The standard InChI is InChI=1S/C6H16P2/c1-5(2,3)6(4,7)8/h7-8H2,1-4H3. The molecule has 0 aromatic heterocycles. The van der Waals surface area contributed by atoms with Crippen molar-refractivity contribution >= 4 is 18.5 Å². The molecule has 0 aliphatic rings. The molecule has 0 saturated carbocycles. The molecule has 0 N–H and O–H groups in total. The topological polar surface area (TPSA) is 0 Å². The molecule has 0 aliphatic carbocycles. The van der Waals surface area contributed by atoms with Gasteiger partial charge in [0, 0.05) is 4.90 Å². The second kappa shape index (κ2) is 2.24. The number of rotatable bonds is 0. The van der Waals surface area contributed by atoms with Crippen molar-refractivity contribution in [3.8, 4) is 0 Å². The maximum Gasteiger partial charge on any atom is 0.00129 e. The Morgan fingerprint density at radius 1 is 0.875 bits per heavy atom. The highest BCUT2D eigenvalue weighted by atomic mass is 31.1. The summed E-state index contributed by atoms with van der Waals surface area (Å²) in [5.41, 5.74) is 0.363. The summed E-state index contributed by atoms with van der Waals surface area (Å²) in [6.45, 7) is 8.88. The van der Waals surface area contributed by atoms with Crippen molar-refractivity contribution in [2.45, 2.75) is 32.6 Å². The van der Waals surface area contributed by atoms with Crippen LogP contribution in [0.1, 0.15) is 27.7 Å². The molecule has 0 nitrogen and oxygen atoms in total. The van der Waals surface area contributed by atoms with Gasteiger partial charge in [0.25, 0.3) is 0 Å². The zero-order valence-electron chi connectivity index (χ0n) is 6.15. The minimum atomic E-state index is 0.271. The van der Waals surface area contributed by atoms with Crippen LogP contribution in [-0.2, 0) is 0 Å². The van der Waals surface area contributed by atoms with E-state index in [1.54, 1.807) is 0 Å². The lowest BCUT2D eigenvalue weighted by Crippen LogP contribution is -2.26. The van der Waals surface area contributed by atoms with Crippen LogP contribution < -0.4 is 0 Å². The van der Waals surface area contributed by atoms with E-state index in [1.807, 2.05) is 0 Å². The molecule has 50 valence electrons. The average Bonchev–Trinajstić information content (AvgIpc) is 1.25. The Morgan fingerprint density at radius 2 is 1.00 bits per heavy atom. The van der Waals surface area contributed by atoms with Gasteiger partial charge in [-0.05, 0) is 5.41 Å². The molecule has 0 heterocycles. The van der Waals surface area contributed by atoms with Crippen LogP contribution in [0, 0.1) is 5.41 Å². The highest BCUT2D eigenvalue weighted by Crippen LogP contribution is 2.43. The van der Waals surface area contributed by atoms with Crippen molar-refractivity contribution < 1.29 is 0 Å². The lowest BCUT2D eigenvalue weighted by Gasteiger charge is -2.34. The molecule has 2 unspecified atom stereocenters. The molecule has 0 radical (unpaired) electrons. The fourth-order valence-electron chi connectivity index (χ4n) is 0. The Kier molecular flexibility index (Phi) is 2.48. The van der Waals surface area contributed by atoms with Crippen LogP contribution in [0.25, 0.3) is 0 Å². The first-order chi connectivity index (χ1) is 3.25. The van der Waals surface area contributed by atoms with Crippen molar-refractivity contribution in [1.82, 2.24) is 0 Å². The third-order valence-electron chi connectivity index (χ3n) is 1.62. The Balaban J connectivity index is 4.02. The summed E-state index contributed by atoms with van der Waals surface area (Å²) in [5.74, 6) is 0. The van der Waals surface area contributed by atoms with E-state index in [4.69, 9.17) is 0 Å². The SMILES string of the molecule is CC(C)(C)C(C)(P)P. The Labute approximate surface area is 57.2 Å². The Hall–Kier alpha value is 0.860. The highest BCUT2D eigenvalue weighted by Gasteiger charge is 2.27. The molecular weight excluding hydrogens is 134 g/mol. The van der Waals surface area contributed by atoms with Crippen molar-refractivity contribution in [2.24, 2.45) is 5.41 Å². The van der Waals surface area contributed by atoms with E-state index >= 15 is 0 Å². The van der Waals surface area contributed by atoms with Gasteiger partial charge >= 0.3 is 0 Å². The molecule has 0 aromatic rings. The van der Waals surface area contributed by atoms with E-state index in [0.717, 1.165) is 0 Å². The number of hydrogen-bond acceptors (Lipinski definition) is 0. The molecule has 0 bridgehead atoms. The summed E-state index contributed by atoms with van der Waals surface area (Å²) in [4.78, 5) is 0.271. The van der Waals surface area contributed by atoms with Crippen LogP contribution >= 0.6 is 18.5 Å². The van der Waals surface area contributed by atoms with Gasteiger partial charge in [0.15, 0.2) is 0 Å². The first kappa shape index (κ1) is 8.86. The van der Waals surface area contributed by atoms with Gasteiger partial charge in [-0.15, -0.1) is 18.5 Å². The van der Waals surface area contributed by atoms with Gasteiger partial charge in [-0.3, -0.25) is 0 Å². The lowest BCUT2D eigenvalue weighted by atomic mass is 9.92. The first-order valence-corrected chi connectivity index (χ1v) is 3.98. The van der Waals surface area contributed by atoms with Crippen molar-refractivity contribution in [3.63, 3.8) is 0 Å². The van der Waals surface area contributed by atoms with Gasteiger partial charge in [-0.25, -0.2) is 0 Å². The third-order valence-corrected chi connectivity index (χ3v) is 3.35. The summed E-state index contributed by atoms with van der Waals surface area (Å²) in [6, 6.07) is 0. The summed E-state index contributed by atoms with van der Waals surface area (Å²) in [7, 11) is 5.65. The van der Waals surface area contributed by atoms with E-state index < -0.39 is 0 Å². The van der Waals surface area contributed by atoms with Crippen LogP contribution in [0.15, 0.2) is 0 Å². The van der Waals surface area contributed by atoms with Crippen molar-refractivity contribution in [1.29, 1.82) is 0 Å². The molecular formula is C6H16P2. The molecule has 2 heteroatoms. The van der Waals surface area contributed by atoms with Gasteiger partial charge in [-0.2, -0.15) is 0 Å². The molecule has 2 atom stereocenters. The summed E-state index contributed by atoms with van der Waals surface area (Å²) in [6.07, 6.45) is 0. The molecule has 0 aliphatic heterocycles. The Morgan fingerprint density at radius 3 is 1.00 bits per heavy atom. The number of hydrogen-bond donors (Lipinski definition) is 0. The highest BCUT2D eigenvalue weighted by molar-refractivity contribution is 7.39. The summed E-state index contributed by atoms with van der Waals surface area (Å²) >= 11 is 0. The van der Waals surface area contributed by atoms with Crippen molar-refractivity contribution in [3.05, 3.63) is 0 Å². The van der Waals surface area contributed by atoms with E-state index in [2.05, 4.69) is 46.2 Å². The minimum absolute atomic E-state index is 0.271. The fourth-order valence-corrected chi connectivity index (χ4v) is 0. The summed E-state index contributed by atoms with van der Waals surface area (Å²) in [5, 5.41) is 0. The minimum Gasteiger partial charge on any atom is -0.127 e. The third kappa shape index (κ3) is 2.42. The van der Waals surface area contributed by atoms with Crippen LogP contribution in [-0.4, -0.2) is 4.90 Å². The molecule has 0 aromatic carbocycles. The van der Waals surface area contributed by atoms with Crippen LogP contribution in [0.3, 0.4) is 0 Å². The predicted octanol–water partition coefficient (Wildman–Crippen LogP) is 2.50. The molecule has 0 saturated heterocycles. The van der Waals surface area contributed by atoms with Crippen LogP contribution in [0.4, 0.5) is 0 Å². The van der Waals surface area contributed by atoms with E-state index in [1.165, 1.54) is 0 Å². The summed E-state index contributed by atoms with van der Waals surface area (Å²) < 4.78 is 0. The zero-order valence-corrected chi connectivity index (χ0v) is 8.46. The van der Waals surface area contributed by atoms with Gasteiger partial charge in [-0.1, -0.05) is 27.7 Å². The maximum absolute atomic E-state index is 2.82. The predicted molar refractivity (Wildman–Crippen MR) is 47.3 cm³/mol. The quantitative estimate of drug-likeness (QED) is 0.465. The van der Waals surface area contributed by atoms with E-state index in [0.29, 0.717) is 5.41 Å². The van der Waals surface area contributed by atoms with Gasteiger partial charge in [0.1, 0.15) is 0 Å². The maximum atomic E-state index is 2.82. The first-order valence-electron chi connectivity index (χ1n) is 2.83. The Bertz CT molecular complexity index is 61.5. The molecule has 0 fully saturated rings. The molecule has 8 heavy (non-hydrogen) atoms. The van der Waals surface area contributed by atoms with Crippen LogP contribution in [0.5, 0.6) is 0 Å². The monoisotopic (exact) mass is 150 g/mol. The second-order valence-electron chi connectivity index (χ2n) is 3.53. The van der Waals surface area contributed by atoms with Gasteiger partial charge in [0.05, 0.1) is 0 Å².